The molecule has 0 aliphatic carbocycles. The van der Waals surface area contributed by atoms with E-state index in [4.69, 9.17) is 10.5 Å². The Balaban J connectivity index is 1.98. The molecule has 2 rings (SSSR count). The maximum Gasteiger partial charge on any atom is 0.0594 e. The molecular formula is C14H26N4O. The van der Waals surface area contributed by atoms with Gasteiger partial charge in [0.15, 0.2) is 0 Å². The molecule has 108 valence electrons. The molecule has 0 radical (unpaired) electrons. The zero-order chi connectivity index (χ0) is 13.9. The normalized spacial score (nSPS) is 19.6. The zero-order valence-corrected chi connectivity index (χ0v) is 12.3. The Morgan fingerprint density at radius 2 is 2.11 bits per heavy atom. The number of ether oxygens (including phenoxy) is 1. The van der Waals surface area contributed by atoms with Crippen molar-refractivity contribution in [2.24, 2.45) is 5.73 Å². The standard InChI is InChI=1S/C14H26N4O/c1-4-18-11-12(10-16-18)9-13(15)14(2,3)17-5-7-19-8-6-17/h10-11,13H,4-9,15H2,1-3H3. The highest BCUT2D eigenvalue weighted by Crippen LogP contribution is 2.21. The van der Waals surface area contributed by atoms with Gasteiger partial charge in [0.05, 0.1) is 19.4 Å². The Morgan fingerprint density at radius 1 is 1.42 bits per heavy atom. The molecule has 0 spiro atoms. The summed E-state index contributed by atoms with van der Waals surface area (Å²) in [6.07, 6.45) is 4.89. The second kappa shape index (κ2) is 6.03. The van der Waals surface area contributed by atoms with Gasteiger partial charge in [-0.3, -0.25) is 9.58 Å². The lowest BCUT2D eigenvalue weighted by atomic mass is 9.88. The first kappa shape index (κ1) is 14.5. The lowest BCUT2D eigenvalue weighted by Crippen LogP contribution is -2.59. The van der Waals surface area contributed by atoms with Crippen LogP contribution < -0.4 is 5.73 Å². The SMILES string of the molecule is CCn1cc(CC(N)C(C)(C)N2CCOCC2)cn1. The van der Waals surface area contributed by atoms with Crippen LogP contribution in [-0.2, 0) is 17.7 Å². The van der Waals surface area contributed by atoms with Crippen molar-refractivity contribution >= 4 is 0 Å². The molecule has 2 heterocycles. The first-order valence-corrected chi connectivity index (χ1v) is 7.13. The fraction of sp³-hybridized carbons (Fsp3) is 0.786. The number of rotatable bonds is 5. The summed E-state index contributed by atoms with van der Waals surface area (Å²) in [7, 11) is 0. The Hall–Kier alpha value is -0.910. The minimum Gasteiger partial charge on any atom is -0.379 e. The average Bonchev–Trinajstić information content (AvgIpc) is 2.87. The van der Waals surface area contributed by atoms with Crippen molar-refractivity contribution < 1.29 is 4.74 Å². The van der Waals surface area contributed by atoms with Crippen LogP contribution in [0.15, 0.2) is 12.4 Å². The summed E-state index contributed by atoms with van der Waals surface area (Å²) in [6.45, 7) is 11.0. The number of hydrogen-bond acceptors (Lipinski definition) is 4. The predicted molar refractivity (Wildman–Crippen MR) is 76.1 cm³/mol. The van der Waals surface area contributed by atoms with E-state index >= 15 is 0 Å². The maximum atomic E-state index is 6.45. The van der Waals surface area contributed by atoms with Gasteiger partial charge in [-0.15, -0.1) is 0 Å². The van der Waals surface area contributed by atoms with E-state index in [1.165, 1.54) is 5.56 Å². The number of aryl methyl sites for hydroxylation is 1. The number of nitrogens with zero attached hydrogens (tertiary/aromatic N) is 3. The van der Waals surface area contributed by atoms with E-state index in [1.54, 1.807) is 0 Å². The highest BCUT2D eigenvalue weighted by Gasteiger charge is 2.34. The van der Waals surface area contributed by atoms with E-state index < -0.39 is 0 Å². The summed E-state index contributed by atoms with van der Waals surface area (Å²) in [5.41, 5.74) is 7.65. The molecule has 5 nitrogen and oxygen atoms in total. The fourth-order valence-corrected chi connectivity index (χ4v) is 2.56. The van der Waals surface area contributed by atoms with Gasteiger partial charge in [-0.1, -0.05) is 0 Å². The molecule has 19 heavy (non-hydrogen) atoms. The molecule has 0 amide bonds. The zero-order valence-electron chi connectivity index (χ0n) is 12.3. The lowest BCUT2D eigenvalue weighted by molar-refractivity contribution is -0.0186. The van der Waals surface area contributed by atoms with Gasteiger partial charge in [0.1, 0.15) is 0 Å². The summed E-state index contributed by atoms with van der Waals surface area (Å²) in [5.74, 6) is 0. The largest absolute Gasteiger partial charge is 0.379 e. The van der Waals surface area contributed by atoms with Gasteiger partial charge in [0.25, 0.3) is 0 Å². The van der Waals surface area contributed by atoms with Gasteiger partial charge in [0, 0.05) is 37.4 Å². The number of hydrogen-bond donors (Lipinski definition) is 1. The van der Waals surface area contributed by atoms with Crippen molar-refractivity contribution in [3.63, 3.8) is 0 Å². The van der Waals surface area contributed by atoms with E-state index in [0.717, 1.165) is 39.3 Å². The van der Waals surface area contributed by atoms with E-state index in [1.807, 2.05) is 10.9 Å². The third-order valence-corrected chi connectivity index (χ3v) is 4.20. The molecule has 1 fully saturated rings. The second-order valence-electron chi connectivity index (χ2n) is 5.77. The predicted octanol–water partition coefficient (Wildman–Crippen LogP) is 0.884. The van der Waals surface area contributed by atoms with Gasteiger partial charge < -0.3 is 10.5 Å². The topological polar surface area (TPSA) is 56.3 Å². The first-order chi connectivity index (χ1) is 9.04. The minimum atomic E-state index is -0.0158. The van der Waals surface area contributed by atoms with Crippen LogP contribution in [-0.4, -0.2) is 52.6 Å². The smallest absolute Gasteiger partial charge is 0.0594 e. The lowest BCUT2D eigenvalue weighted by Gasteiger charge is -2.44. The van der Waals surface area contributed by atoms with Gasteiger partial charge in [-0.2, -0.15) is 5.10 Å². The summed E-state index contributed by atoms with van der Waals surface area (Å²) in [5, 5.41) is 4.31. The third-order valence-electron chi connectivity index (χ3n) is 4.20. The van der Waals surface area contributed by atoms with Crippen LogP contribution in [0.5, 0.6) is 0 Å². The van der Waals surface area contributed by atoms with Crippen LogP contribution in [0.4, 0.5) is 0 Å². The van der Waals surface area contributed by atoms with E-state index in [2.05, 4.69) is 37.0 Å². The van der Waals surface area contributed by atoms with Gasteiger partial charge in [-0.05, 0) is 32.8 Å². The summed E-state index contributed by atoms with van der Waals surface area (Å²) in [6, 6.07) is 0.0973. The molecule has 1 unspecified atom stereocenters. The fourth-order valence-electron chi connectivity index (χ4n) is 2.56. The molecule has 1 aliphatic rings. The quantitative estimate of drug-likeness (QED) is 0.860. The van der Waals surface area contributed by atoms with Crippen LogP contribution >= 0.6 is 0 Å². The highest BCUT2D eigenvalue weighted by atomic mass is 16.5. The molecule has 1 aliphatic heterocycles. The monoisotopic (exact) mass is 266 g/mol. The molecular weight excluding hydrogens is 240 g/mol. The van der Waals surface area contributed by atoms with E-state index in [-0.39, 0.29) is 11.6 Å². The first-order valence-electron chi connectivity index (χ1n) is 7.13. The molecule has 1 saturated heterocycles. The average molecular weight is 266 g/mol. The van der Waals surface area contributed by atoms with Crippen molar-refractivity contribution in [3.8, 4) is 0 Å². The van der Waals surface area contributed by atoms with E-state index in [9.17, 15) is 0 Å². The van der Waals surface area contributed by atoms with Crippen molar-refractivity contribution in [2.45, 2.75) is 45.3 Å². The number of aromatic nitrogens is 2. The summed E-state index contributed by atoms with van der Waals surface area (Å²) in [4.78, 5) is 2.44. The van der Waals surface area contributed by atoms with Gasteiger partial charge >= 0.3 is 0 Å². The Kier molecular flexibility index (Phi) is 4.60. The van der Waals surface area contributed by atoms with E-state index in [0.29, 0.717) is 0 Å². The Bertz CT molecular complexity index is 396. The third kappa shape index (κ3) is 3.35. The van der Waals surface area contributed by atoms with Crippen molar-refractivity contribution in [1.82, 2.24) is 14.7 Å². The summed E-state index contributed by atoms with van der Waals surface area (Å²) < 4.78 is 7.36. The van der Waals surface area contributed by atoms with Crippen molar-refractivity contribution in [1.29, 1.82) is 0 Å². The molecule has 0 bridgehead atoms. The second-order valence-corrected chi connectivity index (χ2v) is 5.77. The van der Waals surface area contributed by atoms with Crippen LogP contribution in [0, 0.1) is 0 Å². The van der Waals surface area contributed by atoms with Crippen LogP contribution in [0.25, 0.3) is 0 Å². The highest BCUT2D eigenvalue weighted by molar-refractivity contribution is 5.09. The van der Waals surface area contributed by atoms with Crippen molar-refractivity contribution in [2.75, 3.05) is 26.3 Å². The summed E-state index contributed by atoms with van der Waals surface area (Å²) >= 11 is 0. The molecule has 0 aromatic carbocycles. The van der Waals surface area contributed by atoms with Crippen LogP contribution in [0.1, 0.15) is 26.3 Å². The van der Waals surface area contributed by atoms with Gasteiger partial charge in [0.2, 0.25) is 0 Å². The molecule has 1 aromatic heterocycles. The van der Waals surface area contributed by atoms with Gasteiger partial charge in [-0.25, -0.2) is 0 Å². The van der Waals surface area contributed by atoms with Crippen LogP contribution in [0.2, 0.25) is 0 Å². The number of nitrogens with two attached hydrogens (primary N) is 1. The Morgan fingerprint density at radius 3 is 2.68 bits per heavy atom. The molecule has 2 N–H and O–H groups in total. The Labute approximate surface area is 115 Å². The maximum absolute atomic E-state index is 6.45. The minimum absolute atomic E-state index is 0.0158. The molecule has 1 atom stereocenters. The van der Waals surface area contributed by atoms with Crippen LogP contribution in [0.3, 0.4) is 0 Å². The number of morpholine rings is 1. The molecule has 1 aromatic rings. The molecule has 0 saturated carbocycles. The molecule has 5 heteroatoms. The van der Waals surface area contributed by atoms with Crippen molar-refractivity contribution in [3.05, 3.63) is 18.0 Å².